The normalized spacial score (nSPS) is 13.3. The topological polar surface area (TPSA) is 35.2 Å². The molecule has 0 saturated heterocycles. The van der Waals surface area contributed by atoms with Crippen molar-refractivity contribution in [2.75, 3.05) is 0 Å². The first kappa shape index (κ1) is 10.0. The van der Waals surface area contributed by atoms with E-state index in [0.717, 1.165) is 0 Å². The summed E-state index contributed by atoms with van der Waals surface area (Å²) in [6, 6.07) is 0. The van der Waals surface area contributed by atoms with E-state index >= 15 is 0 Å². The predicted octanol–water partition coefficient (Wildman–Crippen LogP) is -0.581. The minimum atomic E-state index is -0.275. The molecule has 0 aliphatic rings. The SMILES string of the molecule is BBOC(C)(C)C(C)(C)N. The molecule has 0 atom stereocenters. The van der Waals surface area contributed by atoms with Crippen LogP contribution in [0.25, 0.3) is 0 Å². The van der Waals surface area contributed by atoms with Crippen LogP contribution in [-0.2, 0) is 4.65 Å². The highest BCUT2D eigenvalue weighted by atomic mass is 16.5. The highest BCUT2D eigenvalue weighted by molar-refractivity contribution is 6.85. The molecule has 0 rings (SSSR count). The Bertz CT molecular complexity index is 109. The van der Waals surface area contributed by atoms with Gasteiger partial charge in [-0.2, -0.15) is 0 Å². The number of nitrogens with two attached hydrogens (primary N) is 1. The van der Waals surface area contributed by atoms with Crippen LogP contribution in [0.2, 0.25) is 0 Å². The fourth-order valence-electron chi connectivity index (χ4n) is 0.547. The molecule has 0 aliphatic heterocycles. The van der Waals surface area contributed by atoms with E-state index in [9.17, 15) is 0 Å². The summed E-state index contributed by atoms with van der Waals surface area (Å²) < 4.78 is 5.47. The monoisotopic (exact) mass is 141 g/mol. The minimum Gasteiger partial charge on any atom is -0.443 e. The van der Waals surface area contributed by atoms with Gasteiger partial charge in [-0.25, -0.2) is 0 Å². The first-order valence-electron chi connectivity index (χ1n) is 3.74. The Labute approximate surface area is 65.2 Å². The fourth-order valence-corrected chi connectivity index (χ4v) is 0.547. The average Bonchev–Trinajstić information content (AvgIpc) is 1.61. The molecular weight excluding hydrogens is 124 g/mol. The van der Waals surface area contributed by atoms with Gasteiger partial charge in [0, 0.05) is 5.54 Å². The Balaban J connectivity index is 4.10. The van der Waals surface area contributed by atoms with E-state index in [0.29, 0.717) is 7.37 Å². The van der Waals surface area contributed by atoms with E-state index in [4.69, 9.17) is 10.4 Å². The summed E-state index contributed by atoms with van der Waals surface area (Å²) in [5.74, 6) is 0. The molecule has 0 bridgehead atoms. The lowest BCUT2D eigenvalue weighted by atomic mass is 9.70. The van der Waals surface area contributed by atoms with Crippen LogP contribution in [0, 0.1) is 0 Å². The first-order valence-corrected chi connectivity index (χ1v) is 3.74. The molecule has 0 heterocycles. The third-order valence-corrected chi connectivity index (χ3v) is 2.06. The number of rotatable bonds is 3. The van der Waals surface area contributed by atoms with Crippen LogP contribution in [0.15, 0.2) is 0 Å². The molecule has 0 spiro atoms. The second-order valence-electron chi connectivity index (χ2n) is 3.67. The van der Waals surface area contributed by atoms with Gasteiger partial charge in [0.05, 0.1) is 5.60 Å². The molecule has 4 heteroatoms. The van der Waals surface area contributed by atoms with Crippen molar-refractivity contribution >= 4 is 15.1 Å². The van der Waals surface area contributed by atoms with Crippen LogP contribution < -0.4 is 5.73 Å². The van der Waals surface area contributed by atoms with Gasteiger partial charge in [-0.1, -0.05) is 0 Å². The van der Waals surface area contributed by atoms with Crippen molar-refractivity contribution in [3.8, 4) is 0 Å². The molecule has 10 heavy (non-hydrogen) atoms. The van der Waals surface area contributed by atoms with Crippen LogP contribution >= 0.6 is 0 Å². The van der Waals surface area contributed by atoms with Gasteiger partial charge in [0.15, 0.2) is 0 Å². The summed E-state index contributed by atoms with van der Waals surface area (Å²) in [6.45, 7) is 7.97. The van der Waals surface area contributed by atoms with Gasteiger partial charge in [0.2, 0.25) is 7.37 Å². The highest BCUT2D eigenvalue weighted by Gasteiger charge is 2.32. The van der Waals surface area contributed by atoms with Crippen LogP contribution in [0.5, 0.6) is 0 Å². The smallest absolute Gasteiger partial charge is 0.231 e. The van der Waals surface area contributed by atoms with Crippen LogP contribution in [0.3, 0.4) is 0 Å². The summed E-state index contributed by atoms with van der Waals surface area (Å²) in [6.07, 6.45) is 0. The lowest BCUT2D eigenvalue weighted by Gasteiger charge is -2.38. The predicted molar refractivity (Wildman–Crippen MR) is 49.1 cm³/mol. The first-order chi connectivity index (χ1) is 4.31. The third-order valence-electron chi connectivity index (χ3n) is 2.06. The van der Waals surface area contributed by atoms with Gasteiger partial charge in [-0.05, 0) is 27.7 Å². The van der Waals surface area contributed by atoms with Gasteiger partial charge in [-0.3, -0.25) is 0 Å². The maximum atomic E-state index is 5.87. The summed E-state index contributed by atoms with van der Waals surface area (Å²) in [7, 11) is 2.70. The van der Waals surface area contributed by atoms with E-state index in [1.165, 1.54) is 0 Å². The van der Waals surface area contributed by atoms with Crippen molar-refractivity contribution in [1.82, 2.24) is 0 Å². The Kier molecular flexibility index (Phi) is 2.99. The lowest BCUT2D eigenvalue weighted by Crippen LogP contribution is -2.54. The average molecular weight is 141 g/mol. The summed E-state index contributed by atoms with van der Waals surface area (Å²) in [5.41, 5.74) is 5.37. The van der Waals surface area contributed by atoms with Crippen molar-refractivity contribution in [1.29, 1.82) is 0 Å². The molecule has 0 radical (unpaired) electrons. The Morgan fingerprint density at radius 2 is 1.70 bits per heavy atom. The van der Waals surface area contributed by atoms with Crippen molar-refractivity contribution < 1.29 is 4.65 Å². The fraction of sp³-hybridized carbons (Fsp3) is 1.00. The molecule has 0 aromatic carbocycles. The summed E-state index contributed by atoms with van der Waals surface area (Å²) >= 11 is 0. The summed E-state index contributed by atoms with van der Waals surface area (Å²) in [4.78, 5) is 0. The zero-order valence-corrected chi connectivity index (χ0v) is 7.69. The van der Waals surface area contributed by atoms with Gasteiger partial charge in [0.1, 0.15) is 7.74 Å². The molecule has 2 nitrogen and oxygen atoms in total. The van der Waals surface area contributed by atoms with Crippen molar-refractivity contribution in [2.45, 2.75) is 38.8 Å². The number of hydrogen-bond acceptors (Lipinski definition) is 2. The molecule has 0 unspecified atom stereocenters. The maximum absolute atomic E-state index is 5.87. The van der Waals surface area contributed by atoms with E-state index < -0.39 is 0 Å². The second-order valence-corrected chi connectivity index (χ2v) is 3.67. The van der Waals surface area contributed by atoms with Crippen molar-refractivity contribution in [3.63, 3.8) is 0 Å². The minimum absolute atomic E-state index is 0.234. The highest BCUT2D eigenvalue weighted by Crippen LogP contribution is 2.21. The van der Waals surface area contributed by atoms with Crippen LogP contribution in [0.4, 0.5) is 0 Å². The van der Waals surface area contributed by atoms with Gasteiger partial charge in [-0.15, -0.1) is 0 Å². The molecule has 0 aromatic heterocycles. The Morgan fingerprint density at radius 1 is 1.30 bits per heavy atom. The number of hydrogen-bond donors (Lipinski definition) is 1. The zero-order chi connectivity index (χ0) is 8.41. The van der Waals surface area contributed by atoms with E-state index in [-0.39, 0.29) is 11.1 Å². The van der Waals surface area contributed by atoms with Gasteiger partial charge >= 0.3 is 0 Å². The molecular formula is C6H17B2NO. The molecule has 0 amide bonds. The second kappa shape index (κ2) is 2.97. The lowest BCUT2D eigenvalue weighted by molar-refractivity contribution is 0.0476. The van der Waals surface area contributed by atoms with Crippen LogP contribution in [0.1, 0.15) is 27.7 Å². The van der Waals surface area contributed by atoms with Crippen molar-refractivity contribution in [2.24, 2.45) is 5.73 Å². The largest absolute Gasteiger partial charge is 0.443 e. The molecule has 0 aromatic rings. The summed E-state index contributed by atoms with van der Waals surface area (Å²) in [5, 5.41) is 0. The molecule has 0 aliphatic carbocycles. The van der Waals surface area contributed by atoms with E-state index in [2.05, 4.69) is 0 Å². The van der Waals surface area contributed by atoms with E-state index in [1.807, 2.05) is 35.4 Å². The molecule has 2 N–H and O–H groups in total. The van der Waals surface area contributed by atoms with Gasteiger partial charge < -0.3 is 10.4 Å². The van der Waals surface area contributed by atoms with E-state index in [1.54, 1.807) is 0 Å². The molecule has 0 fully saturated rings. The van der Waals surface area contributed by atoms with Crippen LogP contribution in [-0.4, -0.2) is 26.3 Å². The third kappa shape index (κ3) is 2.35. The maximum Gasteiger partial charge on any atom is 0.231 e. The molecule has 58 valence electrons. The van der Waals surface area contributed by atoms with Crippen molar-refractivity contribution in [3.05, 3.63) is 0 Å². The Morgan fingerprint density at radius 3 is 1.80 bits per heavy atom. The standard InChI is InChI=1S/C6H17B2NO/c1-5(2,9)6(3,4)10-8-7/h8H,7,9H2,1-4H3. The Hall–Kier alpha value is 0.0499. The quantitative estimate of drug-likeness (QED) is 0.533. The zero-order valence-electron chi connectivity index (χ0n) is 7.69. The molecule has 0 saturated carbocycles. The van der Waals surface area contributed by atoms with Gasteiger partial charge in [0.25, 0.3) is 0 Å².